The fourth-order valence-corrected chi connectivity index (χ4v) is 1.37. The Morgan fingerprint density at radius 1 is 1.61 bits per heavy atom. The fourth-order valence-electron chi connectivity index (χ4n) is 1.37. The van der Waals surface area contributed by atoms with Crippen LogP contribution in [0.5, 0.6) is 0 Å². The minimum atomic E-state index is -0.940. The van der Waals surface area contributed by atoms with Gasteiger partial charge in [0.2, 0.25) is 0 Å². The molecule has 1 aromatic carbocycles. The van der Waals surface area contributed by atoms with Gasteiger partial charge < -0.3 is 4.74 Å². The van der Waals surface area contributed by atoms with Crippen molar-refractivity contribution in [3.8, 4) is 6.07 Å². The molecule has 1 rings (SSSR count). The Hall–Kier alpha value is -2.75. The largest absolute Gasteiger partial charge is 0.462 e. The van der Waals surface area contributed by atoms with Gasteiger partial charge in [-0.25, -0.2) is 4.79 Å². The van der Waals surface area contributed by atoms with Crippen LogP contribution in [-0.2, 0) is 4.74 Å². The number of hydrogen-bond acceptors (Lipinski definition) is 6. The maximum atomic E-state index is 11.6. The number of nitro benzene ring substituents is 1. The van der Waals surface area contributed by atoms with Crippen LogP contribution in [-0.4, -0.2) is 23.8 Å². The van der Waals surface area contributed by atoms with E-state index in [1.165, 1.54) is 0 Å². The van der Waals surface area contributed by atoms with Crippen molar-refractivity contribution in [2.24, 2.45) is 0 Å². The SMILES string of the molecule is CCOC(=O)c1cc(C=O)cc(C#N)c1[N+](=O)[O-]. The Kier molecular flexibility index (Phi) is 4.10. The number of benzene rings is 1. The number of rotatable bonds is 4. The molecule has 0 unspecified atom stereocenters. The maximum absolute atomic E-state index is 11.6. The fraction of sp³-hybridized carbons (Fsp3) is 0.182. The zero-order valence-electron chi connectivity index (χ0n) is 9.37. The lowest BCUT2D eigenvalue weighted by Crippen LogP contribution is -2.10. The molecule has 0 fully saturated rings. The molecule has 92 valence electrons. The molecule has 0 heterocycles. The first kappa shape index (κ1) is 13.3. The van der Waals surface area contributed by atoms with Crippen LogP contribution in [0, 0.1) is 21.4 Å². The van der Waals surface area contributed by atoms with E-state index in [-0.39, 0.29) is 17.7 Å². The van der Waals surface area contributed by atoms with Crippen LogP contribution in [0.25, 0.3) is 0 Å². The van der Waals surface area contributed by atoms with E-state index in [0.29, 0.717) is 6.29 Å². The molecule has 7 heteroatoms. The highest BCUT2D eigenvalue weighted by molar-refractivity contribution is 5.97. The van der Waals surface area contributed by atoms with Crippen LogP contribution in [0.4, 0.5) is 5.69 Å². The Morgan fingerprint density at radius 3 is 2.72 bits per heavy atom. The molecule has 0 aromatic heterocycles. The number of esters is 1. The molecule has 0 N–H and O–H groups in total. The molecule has 0 amide bonds. The monoisotopic (exact) mass is 248 g/mol. The summed E-state index contributed by atoms with van der Waals surface area (Å²) in [5.41, 5.74) is -1.41. The highest BCUT2D eigenvalue weighted by atomic mass is 16.6. The first-order valence-corrected chi connectivity index (χ1v) is 4.90. The van der Waals surface area contributed by atoms with E-state index in [9.17, 15) is 19.7 Å². The number of carbonyl (C=O) groups is 2. The van der Waals surface area contributed by atoms with Gasteiger partial charge in [-0.15, -0.1) is 0 Å². The summed E-state index contributed by atoms with van der Waals surface area (Å²) in [5.74, 6) is -0.940. The molecule has 7 nitrogen and oxygen atoms in total. The first-order valence-electron chi connectivity index (χ1n) is 4.90. The molecule has 0 spiro atoms. The van der Waals surface area contributed by atoms with Crippen molar-refractivity contribution in [2.75, 3.05) is 6.61 Å². The number of hydrogen-bond donors (Lipinski definition) is 0. The molecule has 0 atom stereocenters. The first-order chi connectivity index (χ1) is 8.54. The summed E-state index contributed by atoms with van der Waals surface area (Å²) in [7, 11) is 0. The number of carbonyl (C=O) groups excluding carboxylic acids is 2. The van der Waals surface area contributed by atoms with Crippen molar-refractivity contribution in [1.29, 1.82) is 5.26 Å². The standard InChI is InChI=1S/C11H8N2O5/c1-2-18-11(15)9-4-7(6-14)3-8(5-12)10(9)13(16)17/h3-4,6H,2H2,1H3. The van der Waals surface area contributed by atoms with Gasteiger partial charge in [-0.3, -0.25) is 14.9 Å². The van der Waals surface area contributed by atoms with Crippen LogP contribution in [0.3, 0.4) is 0 Å². The average Bonchev–Trinajstić information content (AvgIpc) is 2.36. The number of nitrogens with zero attached hydrogens (tertiary/aromatic N) is 2. The molecule has 1 aromatic rings. The summed E-state index contributed by atoms with van der Waals surface area (Å²) in [6.07, 6.45) is 0.396. The van der Waals surface area contributed by atoms with Gasteiger partial charge in [0, 0.05) is 5.56 Å². The molecule has 0 saturated carbocycles. The number of nitro groups is 1. The molecular formula is C11H8N2O5. The summed E-state index contributed by atoms with van der Waals surface area (Å²) in [5, 5.41) is 19.7. The van der Waals surface area contributed by atoms with Crippen molar-refractivity contribution in [1.82, 2.24) is 0 Å². The van der Waals surface area contributed by atoms with Gasteiger partial charge in [0.25, 0.3) is 0 Å². The van der Waals surface area contributed by atoms with Gasteiger partial charge in [0.05, 0.1) is 11.5 Å². The number of nitriles is 1. The van der Waals surface area contributed by atoms with Crippen LogP contribution < -0.4 is 0 Å². The summed E-state index contributed by atoms with van der Waals surface area (Å²) < 4.78 is 4.65. The normalized spacial score (nSPS) is 9.33. The number of ether oxygens (including phenoxy) is 1. The quantitative estimate of drug-likeness (QED) is 0.345. The van der Waals surface area contributed by atoms with Gasteiger partial charge >= 0.3 is 11.7 Å². The Balaban J connectivity index is 3.55. The zero-order chi connectivity index (χ0) is 13.7. The molecule has 0 aliphatic heterocycles. The second-order valence-corrected chi connectivity index (χ2v) is 3.17. The predicted octanol–water partition coefficient (Wildman–Crippen LogP) is 1.46. The lowest BCUT2D eigenvalue weighted by Gasteiger charge is -2.05. The van der Waals surface area contributed by atoms with Gasteiger partial charge in [0.15, 0.2) is 0 Å². The zero-order valence-corrected chi connectivity index (χ0v) is 9.37. The van der Waals surface area contributed by atoms with Crippen molar-refractivity contribution in [2.45, 2.75) is 6.92 Å². The van der Waals surface area contributed by atoms with Crippen molar-refractivity contribution in [3.63, 3.8) is 0 Å². The summed E-state index contributed by atoms with van der Waals surface area (Å²) in [6, 6.07) is 3.66. The van der Waals surface area contributed by atoms with Crippen LogP contribution in [0.1, 0.15) is 33.2 Å². The third-order valence-electron chi connectivity index (χ3n) is 2.07. The molecule has 0 aliphatic carbocycles. The summed E-state index contributed by atoms with van der Waals surface area (Å²) in [6.45, 7) is 1.57. The Bertz CT molecular complexity index is 559. The van der Waals surface area contributed by atoms with Crippen molar-refractivity contribution < 1.29 is 19.2 Å². The third kappa shape index (κ3) is 2.49. The van der Waals surface area contributed by atoms with Gasteiger partial charge in [0.1, 0.15) is 23.5 Å². The Morgan fingerprint density at radius 2 is 2.28 bits per heavy atom. The van der Waals surface area contributed by atoms with E-state index in [1.54, 1.807) is 13.0 Å². The molecule has 0 aliphatic rings. The van der Waals surface area contributed by atoms with E-state index in [0.717, 1.165) is 12.1 Å². The number of aldehydes is 1. The minimum absolute atomic E-state index is 0.000188. The lowest BCUT2D eigenvalue weighted by molar-refractivity contribution is -0.385. The summed E-state index contributed by atoms with van der Waals surface area (Å²) >= 11 is 0. The maximum Gasteiger partial charge on any atom is 0.345 e. The highest BCUT2D eigenvalue weighted by Gasteiger charge is 2.26. The molecular weight excluding hydrogens is 240 g/mol. The smallest absolute Gasteiger partial charge is 0.345 e. The minimum Gasteiger partial charge on any atom is -0.462 e. The third-order valence-corrected chi connectivity index (χ3v) is 2.07. The van der Waals surface area contributed by atoms with Gasteiger partial charge in [-0.05, 0) is 19.1 Å². The average molecular weight is 248 g/mol. The lowest BCUT2D eigenvalue weighted by atomic mass is 10.0. The van der Waals surface area contributed by atoms with E-state index in [1.807, 2.05) is 0 Å². The van der Waals surface area contributed by atoms with Gasteiger partial charge in [-0.1, -0.05) is 0 Å². The second kappa shape index (κ2) is 5.54. The topological polar surface area (TPSA) is 110 Å². The molecule has 18 heavy (non-hydrogen) atoms. The molecule has 0 bridgehead atoms. The van der Waals surface area contributed by atoms with Crippen molar-refractivity contribution >= 4 is 17.9 Å². The van der Waals surface area contributed by atoms with E-state index in [4.69, 9.17) is 5.26 Å². The van der Waals surface area contributed by atoms with Gasteiger partial charge in [-0.2, -0.15) is 5.26 Å². The molecule has 0 saturated heterocycles. The molecule has 0 radical (unpaired) electrons. The van der Waals surface area contributed by atoms with E-state index in [2.05, 4.69) is 4.74 Å². The van der Waals surface area contributed by atoms with Crippen molar-refractivity contribution in [3.05, 3.63) is 38.9 Å². The van der Waals surface area contributed by atoms with Crippen LogP contribution in [0.2, 0.25) is 0 Å². The Labute approximate surface area is 102 Å². The second-order valence-electron chi connectivity index (χ2n) is 3.17. The highest BCUT2D eigenvalue weighted by Crippen LogP contribution is 2.25. The summed E-state index contributed by atoms with van der Waals surface area (Å²) in [4.78, 5) is 32.2. The van der Waals surface area contributed by atoms with Crippen LogP contribution >= 0.6 is 0 Å². The predicted molar refractivity (Wildman–Crippen MR) is 59.2 cm³/mol. The van der Waals surface area contributed by atoms with Crippen LogP contribution in [0.15, 0.2) is 12.1 Å². The van der Waals surface area contributed by atoms with E-state index >= 15 is 0 Å². The van der Waals surface area contributed by atoms with E-state index < -0.39 is 22.1 Å².